The second-order valence-electron chi connectivity index (χ2n) is 3.62. The van der Waals surface area contributed by atoms with Crippen molar-refractivity contribution in [2.24, 2.45) is 5.92 Å². The third-order valence-corrected chi connectivity index (χ3v) is 3.42. The van der Waals surface area contributed by atoms with Crippen LogP contribution in [-0.2, 0) is 11.3 Å². The van der Waals surface area contributed by atoms with Crippen LogP contribution in [0.15, 0.2) is 5.16 Å². The van der Waals surface area contributed by atoms with E-state index in [1.807, 2.05) is 0 Å². The molecule has 1 aliphatic carbocycles. The molecular formula is C8H12N4O2S. The van der Waals surface area contributed by atoms with E-state index in [2.05, 4.69) is 15.5 Å². The number of nitrogens with zero attached hydrogens (tertiary/aromatic N) is 4. The first-order chi connectivity index (χ1) is 7.25. The second kappa shape index (κ2) is 4.61. The Morgan fingerprint density at radius 3 is 3.00 bits per heavy atom. The zero-order valence-corrected chi connectivity index (χ0v) is 8.98. The van der Waals surface area contributed by atoms with Crippen molar-refractivity contribution in [3.63, 3.8) is 0 Å². The van der Waals surface area contributed by atoms with E-state index in [-0.39, 0.29) is 5.75 Å². The standard InChI is InChI=1S/C8H12N4O2S/c13-7(14)5-15-8-9-10-11-12(8)4-6-2-1-3-6/h6H,1-5H2,(H,13,14). The Labute approximate surface area is 91.0 Å². The Hall–Kier alpha value is -1.11. The molecule has 1 N–H and O–H groups in total. The smallest absolute Gasteiger partial charge is 0.313 e. The van der Waals surface area contributed by atoms with Gasteiger partial charge in [0.15, 0.2) is 0 Å². The van der Waals surface area contributed by atoms with Gasteiger partial charge in [-0.2, -0.15) is 0 Å². The van der Waals surface area contributed by atoms with Gasteiger partial charge >= 0.3 is 5.97 Å². The summed E-state index contributed by atoms with van der Waals surface area (Å²) in [5.74, 6) is -0.179. The van der Waals surface area contributed by atoms with Gasteiger partial charge in [-0.25, -0.2) is 4.68 Å². The normalized spacial score (nSPS) is 16.3. The molecule has 0 aliphatic heterocycles. The van der Waals surface area contributed by atoms with Crippen LogP contribution in [0.5, 0.6) is 0 Å². The molecule has 0 aromatic carbocycles. The number of tetrazole rings is 1. The van der Waals surface area contributed by atoms with Gasteiger partial charge in [0.25, 0.3) is 0 Å². The van der Waals surface area contributed by atoms with E-state index >= 15 is 0 Å². The molecular weight excluding hydrogens is 216 g/mol. The lowest BCUT2D eigenvalue weighted by molar-refractivity contribution is -0.133. The summed E-state index contributed by atoms with van der Waals surface area (Å²) in [6, 6.07) is 0. The molecule has 0 saturated heterocycles. The maximum Gasteiger partial charge on any atom is 0.313 e. The predicted molar refractivity (Wildman–Crippen MR) is 53.5 cm³/mol. The summed E-state index contributed by atoms with van der Waals surface area (Å²) in [7, 11) is 0. The predicted octanol–water partition coefficient (Wildman–Crippen LogP) is 0.650. The average molecular weight is 228 g/mol. The van der Waals surface area contributed by atoms with Crippen molar-refractivity contribution in [3.8, 4) is 0 Å². The van der Waals surface area contributed by atoms with E-state index in [1.54, 1.807) is 4.68 Å². The third-order valence-electron chi connectivity index (χ3n) is 2.48. The van der Waals surface area contributed by atoms with Crippen LogP contribution >= 0.6 is 11.8 Å². The van der Waals surface area contributed by atoms with Crippen LogP contribution in [-0.4, -0.2) is 37.0 Å². The first-order valence-corrected chi connectivity index (χ1v) is 5.85. The second-order valence-corrected chi connectivity index (χ2v) is 4.57. The van der Waals surface area contributed by atoms with Crippen molar-refractivity contribution in [2.75, 3.05) is 5.75 Å². The minimum absolute atomic E-state index is 0.00500. The van der Waals surface area contributed by atoms with Crippen LogP contribution in [0.1, 0.15) is 19.3 Å². The third kappa shape index (κ3) is 2.68. The largest absolute Gasteiger partial charge is 0.481 e. The number of aliphatic carboxylic acids is 1. The Kier molecular flexibility index (Phi) is 3.20. The lowest BCUT2D eigenvalue weighted by Gasteiger charge is -2.24. The SMILES string of the molecule is O=C(O)CSc1nnnn1CC1CCC1. The highest BCUT2D eigenvalue weighted by Gasteiger charge is 2.20. The minimum Gasteiger partial charge on any atom is -0.481 e. The zero-order valence-electron chi connectivity index (χ0n) is 8.17. The molecule has 0 radical (unpaired) electrons. The Bertz CT molecular complexity index is 350. The average Bonchev–Trinajstić information content (AvgIpc) is 2.55. The van der Waals surface area contributed by atoms with Gasteiger partial charge in [0.1, 0.15) is 0 Å². The van der Waals surface area contributed by atoms with Gasteiger partial charge in [-0.05, 0) is 29.2 Å². The van der Waals surface area contributed by atoms with Crippen molar-refractivity contribution in [1.29, 1.82) is 0 Å². The maximum atomic E-state index is 10.4. The van der Waals surface area contributed by atoms with Crippen LogP contribution < -0.4 is 0 Å². The fourth-order valence-electron chi connectivity index (χ4n) is 1.46. The molecule has 7 heteroatoms. The molecule has 0 spiro atoms. The van der Waals surface area contributed by atoms with E-state index in [9.17, 15) is 4.79 Å². The molecule has 6 nitrogen and oxygen atoms in total. The number of thioether (sulfide) groups is 1. The molecule has 0 atom stereocenters. The summed E-state index contributed by atoms with van der Waals surface area (Å²) >= 11 is 1.17. The molecule has 15 heavy (non-hydrogen) atoms. The summed E-state index contributed by atoms with van der Waals surface area (Å²) < 4.78 is 1.71. The summed E-state index contributed by atoms with van der Waals surface area (Å²) in [5, 5.41) is 20.4. The van der Waals surface area contributed by atoms with Crippen LogP contribution in [0, 0.1) is 5.92 Å². The van der Waals surface area contributed by atoms with Crippen molar-refractivity contribution in [3.05, 3.63) is 0 Å². The van der Waals surface area contributed by atoms with Crippen LogP contribution in [0.2, 0.25) is 0 Å². The zero-order chi connectivity index (χ0) is 10.7. The van der Waals surface area contributed by atoms with Gasteiger partial charge in [0, 0.05) is 6.54 Å². The van der Waals surface area contributed by atoms with Gasteiger partial charge in [0.2, 0.25) is 5.16 Å². The van der Waals surface area contributed by atoms with E-state index in [4.69, 9.17) is 5.11 Å². The van der Waals surface area contributed by atoms with Crippen LogP contribution in [0.25, 0.3) is 0 Å². The molecule has 1 aliphatic rings. The minimum atomic E-state index is -0.849. The molecule has 0 bridgehead atoms. The number of hydrogen-bond donors (Lipinski definition) is 1. The number of rotatable bonds is 5. The van der Waals surface area contributed by atoms with E-state index < -0.39 is 5.97 Å². The first kappa shape index (κ1) is 10.4. The van der Waals surface area contributed by atoms with Gasteiger partial charge < -0.3 is 5.11 Å². The quantitative estimate of drug-likeness (QED) is 0.745. The van der Waals surface area contributed by atoms with Crippen LogP contribution in [0.3, 0.4) is 0 Å². The van der Waals surface area contributed by atoms with Gasteiger partial charge in [-0.15, -0.1) is 5.10 Å². The molecule has 82 valence electrons. The molecule has 1 saturated carbocycles. The summed E-state index contributed by atoms with van der Waals surface area (Å²) in [4.78, 5) is 10.4. The fraction of sp³-hybridized carbons (Fsp3) is 0.750. The Balaban J connectivity index is 1.91. The topological polar surface area (TPSA) is 80.9 Å². The monoisotopic (exact) mass is 228 g/mol. The summed E-state index contributed by atoms with van der Waals surface area (Å²) in [6.45, 7) is 0.814. The van der Waals surface area contributed by atoms with E-state index in [1.165, 1.54) is 31.0 Å². The maximum absolute atomic E-state index is 10.4. The molecule has 0 amide bonds. The number of carbonyl (C=O) groups is 1. The Morgan fingerprint density at radius 2 is 2.40 bits per heavy atom. The first-order valence-electron chi connectivity index (χ1n) is 4.86. The Morgan fingerprint density at radius 1 is 1.60 bits per heavy atom. The van der Waals surface area contributed by atoms with Gasteiger partial charge in [-0.3, -0.25) is 4.79 Å². The van der Waals surface area contributed by atoms with E-state index in [0.29, 0.717) is 11.1 Å². The number of carboxylic acid groups (broad SMARTS) is 1. The number of aromatic nitrogens is 4. The van der Waals surface area contributed by atoms with E-state index in [0.717, 1.165) is 6.54 Å². The van der Waals surface area contributed by atoms with Crippen molar-refractivity contribution in [1.82, 2.24) is 20.2 Å². The molecule has 0 unspecified atom stereocenters. The lowest BCUT2D eigenvalue weighted by atomic mass is 9.86. The van der Waals surface area contributed by atoms with Crippen molar-refractivity contribution >= 4 is 17.7 Å². The van der Waals surface area contributed by atoms with Crippen molar-refractivity contribution < 1.29 is 9.90 Å². The van der Waals surface area contributed by atoms with Crippen LogP contribution in [0.4, 0.5) is 0 Å². The fourth-order valence-corrected chi connectivity index (χ4v) is 2.07. The summed E-state index contributed by atoms with van der Waals surface area (Å²) in [6.07, 6.45) is 3.73. The highest BCUT2D eigenvalue weighted by Crippen LogP contribution is 2.28. The number of hydrogen-bond acceptors (Lipinski definition) is 5. The number of carboxylic acids is 1. The molecule has 1 heterocycles. The highest BCUT2D eigenvalue weighted by atomic mass is 32.2. The van der Waals surface area contributed by atoms with Crippen molar-refractivity contribution in [2.45, 2.75) is 31.0 Å². The van der Waals surface area contributed by atoms with Gasteiger partial charge in [-0.1, -0.05) is 18.2 Å². The molecule has 2 rings (SSSR count). The summed E-state index contributed by atoms with van der Waals surface area (Å²) in [5.41, 5.74) is 0. The molecule has 1 aromatic heterocycles. The lowest BCUT2D eigenvalue weighted by Crippen LogP contribution is -2.19. The highest BCUT2D eigenvalue weighted by molar-refractivity contribution is 7.99. The molecule has 1 fully saturated rings. The van der Waals surface area contributed by atoms with Gasteiger partial charge in [0.05, 0.1) is 5.75 Å². The molecule has 1 aromatic rings.